The van der Waals surface area contributed by atoms with Crippen LogP contribution in [0.5, 0.6) is 0 Å². The fraction of sp³-hybridized carbons (Fsp3) is 0.462. The van der Waals surface area contributed by atoms with Crippen molar-refractivity contribution in [1.82, 2.24) is 9.88 Å². The van der Waals surface area contributed by atoms with Crippen molar-refractivity contribution >= 4 is 17.5 Å². The maximum absolute atomic E-state index is 13.4. The number of piperidine rings is 1. The van der Waals surface area contributed by atoms with Crippen LogP contribution < -0.4 is 5.32 Å². The Morgan fingerprint density at radius 1 is 1.47 bits per heavy atom. The number of likely N-dealkylation sites (tertiary alicyclic amines) is 1. The molecule has 0 aliphatic carbocycles. The highest BCUT2D eigenvalue weighted by atomic mass is 19.1. The SMILES string of the molecule is CC(=O)N1CCCCC1C(=O)Nc1ccncc1F. The number of halogens is 1. The minimum atomic E-state index is -0.582. The number of hydrogen-bond donors (Lipinski definition) is 1. The summed E-state index contributed by atoms with van der Waals surface area (Å²) in [6.07, 6.45) is 4.84. The van der Waals surface area contributed by atoms with Crippen LogP contribution in [0.1, 0.15) is 26.2 Å². The van der Waals surface area contributed by atoms with Gasteiger partial charge in [-0.2, -0.15) is 0 Å². The zero-order valence-corrected chi connectivity index (χ0v) is 10.7. The van der Waals surface area contributed by atoms with Crippen molar-refractivity contribution in [3.8, 4) is 0 Å². The third-order valence-electron chi connectivity index (χ3n) is 3.24. The predicted octanol–water partition coefficient (Wildman–Crippen LogP) is 1.56. The Balaban J connectivity index is 2.10. The molecule has 0 bridgehead atoms. The van der Waals surface area contributed by atoms with Crippen LogP contribution in [-0.4, -0.2) is 34.3 Å². The van der Waals surface area contributed by atoms with E-state index >= 15 is 0 Å². The number of amides is 2. The van der Waals surface area contributed by atoms with E-state index in [0.717, 1.165) is 19.0 Å². The van der Waals surface area contributed by atoms with E-state index in [2.05, 4.69) is 10.3 Å². The topological polar surface area (TPSA) is 62.3 Å². The van der Waals surface area contributed by atoms with Gasteiger partial charge in [0.25, 0.3) is 0 Å². The van der Waals surface area contributed by atoms with Crippen molar-refractivity contribution in [2.75, 3.05) is 11.9 Å². The molecule has 1 atom stereocenters. The number of rotatable bonds is 2. The zero-order valence-electron chi connectivity index (χ0n) is 10.7. The van der Waals surface area contributed by atoms with Crippen LogP contribution in [0.15, 0.2) is 18.5 Å². The standard InChI is InChI=1S/C13H16FN3O2/c1-9(18)17-7-3-2-4-12(17)13(19)16-11-5-6-15-8-10(11)14/h5-6,8,12H,2-4,7H2,1H3,(H,15,16,19). The molecule has 0 aromatic carbocycles. The van der Waals surface area contributed by atoms with Crippen molar-refractivity contribution in [2.24, 2.45) is 0 Å². The van der Waals surface area contributed by atoms with Gasteiger partial charge < -0.3 is 10.2 Å². The highest BCUT2D eigenvalue weighted by Crippen LogP contribution is 2.19. The molecule has 2 heterocycles. The Hall–Kier alpha value is -1.98. The van der Waals surface area contributed by atoms with E-state index in [0.29, 0.717) is 13.0 Å². The third-order valence-corrected chi connectivity index (χ3v) is 3.24. The van der Waals surface area contributed by atoms with Gasteiger partial charge in [0.05, 0.1) is 11.9 Å². The van der Waals surface area contributed by atoms with E-state index < -0.39 is 11.9 Å². The third kappa shape index (κ3) is 3.07. The highest BCUT2D eigenvalue weighted by Gasteiger charge is 2.30. The van der Waals surface area contributed by atoms with Crippen molar-refractivity contribution in [3.05, 3.63) is 24.3 Å². The minimum absolute atomic E-state index is 0.0917. The lowest BCUT2D eigenvalue weighted by molar-refractivity contribution is -0.138. The lowest BCUT2D eigenvalue weighted by atomic mass is 10.0. The van der Waals surface area contributed by atoms with Gasteiger partial charge in [0.1, 0.15) is 6.04 Å². The number of carbonyl (C=O) groups excluding carboxylic acids is 2. The first-order valence-corrected chi connectivity index (χ1v) is 6.27. The molecule has 1 aromatic heterocycles. The highest BCUT2D eigenvalue weighted by molar-refractivity contribution is 5.97. The van der Waals surface area contributed by atoms with Gasteiger partial charge in [-0.1, -0.05) is 0 Å². The van der Waals surface area contributed by atoms with E-state index in [1.165, 1.54) is 24.1 Å². The summed E-state index contributed by atoms with van der Waals surface area (Å²) in [5, 5.41) is 2.52. The van der Waals surface area contributed by atoms with Crippen LogP contribution >= 0.6 is 0 Å². The molecule has 1 aliphatic rings. The molecule has 2 rings (SSSR count). The number of hydrogen-bond acceptors (Lipinski definition) is 3. The Labute approximate surface area is 110 Å². The number of nitrogens with zero attached hydrogens (tertiary/aromatic N) is 2. The summed E-state index contributed by atoms with van der Waals surface area (Å²) in [5.41, 5.74) is 0.0917. The van der Waals surface area contributed by atoms with Crippen LogP contribution in [0, 0.1) is 5.82 Å². The van der Waals surface area contributed by atoms with Gasteiger partial charge in [-0.15, -0.1) is 0 Å². The van der Waals surface area contributed by atoms with Gasteiger partial charge in [0, 0.05) is 19.7 Å². The van der Waals surface area contributed by atoms with Gasteiger partial charge in [-0.05, 0) is 25.3 Å². The normalized spacial score (nSPS) is 19.1. The molecule has 2 amide bonds. The molecule has 5 nitrogen and oxygen atoms in total. The van der Waals surface area contributed by atoms with Gasteiger partial charge in [0.15, 0.2) is 5.82 Å². The molecule has 1 aromatic rings. The molecular formula is C13H16FN3O2. The lowest BCUT2D eigenvalue weighted by Crippen LogP contribution is -2.49. The molecular weight excluding hydrogens is 249 g/mol. The molecule has 1 saturated heterocycles. The fourth-order valence-electron chi connectivity index (χ4n) is 2.27. The average Bonchev–Trinajstić information content (AvgIpc) is 2.41. The fourth-order valence-corrected chi connectivity index (χ4v) is 2.27. The first-order chi connectivity index (χ1) is 9.09. The van der Waals surface area contributed by atoms with Crippen LogP contribution in [0.2, 0.25) is 0 Å². The monoisotopic (exact) mass is 265 g/mol. The molecule has 0 radical (unpaired) electrons. The Morgan fingerprint density at radius 2 is 2.26 bits per heavy atom. The Bertz CT molecular complexity index is 493. The van der Waals surface area contributed by atoms with Crippen molar-refractivity contribution in [3.63, 3.8) is 0 Å². The second-order valence-corrected chi connectivity index (χ2v) is 4.57. The first-order valence-electron chi connectivity index (χ1n) is 6.27. The predicted molar refractivity (Wildman–Crippen MR) is 67.9 cm³/mol. The maximum Gasteiger partial charge on any atom is 0.247 e. The number of carbonyl (C=O) groups is 2. The van der Waals surface area contributed by atoms with Crippen molar-refractivity contribution < 1.29 is 14.0 Å². The van der Waals surface area contributed by atoms with Crippen LogP contribution in [0.4, 0.5) is 10.1 Å². The molecule has 1 aliphatic heterocycles. The molecule has 1 unspecified atom stereocenters. The summed E-state index contributed by atoms with van der Waals surface area (Å²) in [4.78, 5) is 28.8. The molecule has 102 valence electrons. The smallest absolute Gasteiger partial charge is 0.247 e. The van der Waals surface area contributed by atoms with E-state index in [-0.39, 0.29) is 17.5 Å². The van der Waals surface area contributed by atoms with E-state index in [1.807, 2.05) is 0 Å². The van der Waals surface area contributed by atoms with Crippen molar-refractivity contribution in [2.45, 2.75) is 32.2 Å². The summed E-state index contributed by atoms with van der Waals surface area (Å²) in [6, 6.07) is 0.882. The summed E-state index contributed by atoms with van der Waals surface area (Å²) < 4.78 is 13.4. The Morgan fingerprint density at radius 3 is 2.95 bits per heavy atom. The molecule has 1 N–H and O–H groups in total. The molecule has 6 heteroatoms. The molecule has 1 fully saturated rings. The molecule has 0 saturated carbocycles. The largest absolute Gasteiger partial charge is 0.331 e. The van der Waals surface area contributed by atoms with Gasteiger partial charge in [-0.3, -0.25) is 14.6 Å². The number of nitrogens with one attached hydrogen (secondary N) is 1. The van der Waals surface area contributed by atoms with Crippen molar-refractivity contribution in [1.29, 1.82) is 0 Å². The van der Waals surface area contributed by atoms with E-state index in [4.69, 9.17) is 0 Å². The zero-order chi connectivity index (χ0) is 13.8. The number of pyridine rings is 1. The van der Waals surface area contributed by atoms with Crippen LogP contribution in [0.25, 0.3) is 0 Å². The van der Waals surface area contributed by atoms with E-state index in [9.17, 15) is 14.0 Å². The summed E-state index contributed by atoms with van der Waals surface area (Å²) >= 11 is 0. The minimum Gasteiger partial charge on any atom is -0.331 e. The van der Waals surface area contributed by atoms with Crippen LogP contribution in [-0.2, 0) is 9.59 Å². The summed E-state index contributed by atoms with van der Waals surface area (Å²) in [5.74, 6) is -1.06. The molecule has 19 heavy (non-hydrogen) atoms. The quantitative estimate of drug-likeness (QED) is 0.882. The Kier molecular flexibility index (Phi) is 4.09. The molecule has 0 spiro atoms. The second-order valence-electron chi connectivity index (χ2n) is 4.57. The van der Waals surface area contributed by atoms with Crippen LogP contribution in [0.3, 0.4) is 0 Å². The average molecular weight is 265 g/mol. The first kappa shape index (κ1) is 13.5. The lowest BCUT2D eigenvalue weighted by Gasteiger charge is -2.33. The second kappa shape index (κ2) is 5.77. The summed E-state index contributed by atoms with van der Waals surface area (Å²) in [7, 11) is 0. The van der Waals surface area contributed by atoms with E-state index in [1.54, 1.807) is 0 Å². The van der Waals surface area contributed by atoms with Gasteiger partial charge in [0.2, 0.25) is 11.8 Å². The van der Waals surface area contributed by atoms with Gasteiger partial charge in [-0.25, -0.2) is 4.39 Å². The van der Waals surface area contributed by atoms with Gasteiger partial charge >= 0.3 is 0 Å². The number of aromatic nitrogens is 1. The maximum atomic E-state index is 13.4. The number of anilines is 1. The summed E-state index contributed by atoms with van der Waals surface area (Å²) in [6.45, 7) is 2.02.